The molecule has 1 saturated heterocycles. The zero-order valence-corrected chi connectivity index (χ0v) is 13.0. The predicted octanol–water partition coefficient (Wildman–Crippen LogP) is 1.36. The van der Waals surface area contributed by atoms with Gasteiger partial charge in [-0.05, 0) is 25.0 Å². The summed E-state index contributed by atoms with van der Waals surface area (Å²) in [6.07, 6.45) is 1.60. The molecule has 122 valence electrons. The van der Waals surface area contributed by atoms with Crippen molar-refractivity contribution in [1.82, 2.24) is 10.2 Å². The minimum Gasteiger partial charge on any atom is -0.451 e. The highest BCUT2D eigenvalue weighted by Gasteiger charge is 2.30. The Morgan fingerprint density at radius 3 is 2.96 bits per heavy atom. The maximum atomic E-state index is 12.6. The van der Waals surface area contributed by atoms with Crippen LogP contribution < -0.4 is 11.1 Å². The maximum Gasteiger partial charge on any atom is 0.289 e. The van der Waals surface area contributed by atoms with Crippen LogP contribution in [0, 0.1) is 5.92 Å². The number of nitrogens with two attached hydrogens (primary N) is 1. The van der Waals surface area contributed by atoms with Gasteiger partial charge in [-0.3, -0.25) is 9.59 Å². The molecule has 0 aliphatic carbocycles. The lowest BCUT2D eigenvalue weighted by Gasteiger charge is -2.31. The average Bonchev–Trinajstić information content (AvgIpc) is 3.03. The lowest BCUT2D eigenvalue weighted by molar-refractivity contribution is -0.126. The Morgan fingerprint density at radius 2 is 2.17 bits per heavy atom. The van der Waals surface area contributed by atoms with Gasteiger partial charge in [-0.25, -0.2) is 0 Å². The zero-order chi connectivity index (χ0) is 16.2. The predicted molar refractivity (Wildman–Crippen MR) is 86.9 cm³/mol. The molecule has 0 spiro atoms. The molecule has 2 aromatic rings. The van der Waals surface area contributed by atoms with Crippen LogP contribution >= 0.6 is 0 Å². The number of fused-ring (bicyclic) bond motifs is 1. The number of hydrogen-bond acceptors (Lipinski definition) is 4. The van der Waals surface area contributed by atoms with E-state index in [1.807, 2.05) is 24.3 Å². The maximum absolute atomic E-state index is 12.6. The van der Waals surface area contributed by atoms with Crippen LogP contribution in [-0.4, -0.2) is 42.9 Å². The third-order valence-electron chi connectivity index (χ3n) is 4.16. The Hall–Kier alpha value is -2.34. The first-order valence-corrected chi connectivity index (χ1v) is 7.94. The molecule has 3 rings (SSSR count). The summed E-state index contributed by atoms with van der Waals surface area (Å²) in [5.41, 5.74) is 6.10. The van der Waals surface area contributed by atoms with Crippen molar-refractivity contribution >= 4 is 22.8 Å². The van der Waals surface area contributed by atoms with Crippen molar-refractivity contribution in [3.63, 3.8) is 0 Å². The number of carbonyl (C=O) groups excluding carboxylic acids is 2. The SMILES string of the molecule is NCCNC(=O)C1CCCN(C(=O)c2cc3ccccc3o2)C1. The number of benzene rings is 1. The first kappa shape index (κ1) is 15.6. The smallest absolute Gasteiger partial charge is 0.289 e. The Morgan fingerprint density at radius 1 is 1.35 bits per heavy atom. The summed E-state index contributed by atoms with van der Waals surface area (Å²) in [4.78, 5) is 26.4. The molecule has 23 heavy (non-hydrogen) atoms. The van der Waals surface area contributed by atoms with Gasteiger partial charge >= 0.3 is 0 Å². The molecule has 0 radical (unpaired) electrons. The van der Waals surface area contributed by atoms with E-state index in [-0.39, 0.29) is 17.7 Å². The fourth-order valence-electron chi connectivity index (χ4n) is 2.96. The number of nitrogens with zero attached hydrogens (tertiary/aromatic N) is 1. The van der Waals surface area contributed by atoms with E-state index in [1.165, 1.54) is 0 Å². The lowest BCUT2D eigenvalue weighted by Crippen LogP contribution is -2.46. The third kappa shape index (κ3) is 3.37. The summed E-state index contributed by atoms with van der Waals surface area (Å²) < 4.78 is 5.64. The second-order valence-electron chi connectivity index (χ2n) is 5.82. The van der Waals surface area contributed by atoms with E-state index in [9.17, 15) is 9.59 Å². The van der Waals surface area contributed by atoms with Crippen molar-refractivity contribution in [2.75, 3.05) is 26.2 Å². The van der Waals surface area contributed by atoms with Crippen molar-refractivity contribution in [2.24, 2.45) is 11.7 Å². The minimum absolute atomic E-state index is 0.0300. The van der Waals surface area contributed by atoms with Gasteiger partial charge in [0, 0.05) is 31.6 Å². The van der Waals surface area contributed by atoms with Crippen LogP contribution in [0.4, 0.5) is 0 Å². The first-order valence-electron chi connectivity index (χ1n) is 7.94. The number of piperidine rings is 1. The molecule has 1 aromatic heterocycles. The summed E-state index contributed by atoms with van der Waals surface area (Å²) >= 11 is 0. The van der Waals surface area contributed by atoms with Crippen LogP contribution in [0.5, 0.6) is 0 Å². The normalized spacial score (nSPS) is 18.1. The van der Waals surface area contributed by atoms with E-state index in [2.05, 4.69) is 5.32 Å². The van der Waals surface area contributed by atoms with Gasteiger partial charge in [0.05, 0.1) is 5.92 Å². The van der Waals surface area contributed by atoms with Gasteiger partial charge in [0.2, 0.25) is 5.91 Å². The van der Waals surface area contributed by atoms with E-state index in [0.717, 1.165) is 18.2 Å². The fourth-order valence-corrected chi connectivity index (χ4v) is 2.96. The molecular formula is C17H21N3O3. The fraction of sp³-hybridized carbons (Fsp3) is 0.412. The van der Waals surface area contributed by atoms with Crippen LogP contribution in [-0.2, 0) is 4.79 Å². The van der Waals surface area contributed by atoms with Gasteiger partial charge in [0.15, 0.2) is 5.76 Å². The number of amides is 2. The first-order chi connectivity index (χ1) is 11.2. The summed E-state index contributed by atoms with van der Waals surface area (Å²) in [6.45, 7) is 1.95. The summed E-state index contributed by atoms with van der Waals surface area (Å²) in [7, 11) is 0. The van der Waals surface area contributed by atoms with Gasteiger partial charge < -0.3 is 20.4 Å². The monoisotopic (exact) mass is 315 g/mol. The quantitative estimate of drug-likeness (QED) is 0.891. The molecule has 1 aliphatic heterocycles. The number of rotatable bonds is 4. The van der Waals surface area contributed by atoms with Gasteiger partial charge in [-0.1, -0.05) is 18.2 Å². The molecular weight excluding hydrogens is 294 g/mol. The Bertz CT molecular complexity index is 677. The van der Waals surface area contributed by atoms with Crippen molar-refractivity contribution < 1.29 is 14.0 Å². The Labute approximate surface area is 134 Å². The number of nitrogens with one attached hydrogen (secondary N) is 1. The molecule has 6 nitrogen and oxygen atoms in total. The standard InChI is InChI=1S/C17H21N3O3/c18-7-8-19-16(21)13-5-3-9-20(11-13)17(22)15-10-12-4-1-2-6-14(12)23-15/h1-2,4,6,10,13H,3,5,7-9,11,18H2,(H,19,21). The topological polar surface area (TPSA) is 88.6 Å². The molecule has 1 aliphatic rings. The largest absolute Gasteiger partial charge is 0.451 e. The molecule has 1 fully saturated rings. The van der Waals surface area contributed by atoms with Crippen LogP contribution in [0.1, 0.15) is 23.4 Å². The van der Waals surface area contributed by atoms with Crippen LogP contribution in [0.2, 0.25) is 0 Å². The molecule has 1 aromatic carbocycles. The van der Waals surface area contributed by atoms with E-state index >= 15 is 0 Å². The molecule has 0 bridgehead atoms. The number of para-hydroxylation sites is 1. The zero-order valence-electron chi connectivity index (χ0n) is 13.0. The number of likely N-dealkylation sites (tertiary alicyclic amines) is 1. The van der Waals surface area contributed by atoms with Crippen molar-refractivity contribution in [2.45, 2.75) is 12.8 Å². The lowest BCUT2D eigenvalue weighted by atomic mass is 9.97. The number of hydrogen-bond donors (Lipinski definition) is 2. The summed E-state index contributed by atoms with van der Waals surface area (Å²) in [5.74, 6) is -0.0343. The van der Waals surface area contributed by atoms with Crippen molar-refractivity contribution in [1.29, 1.82) is 0 Å². The molecule has 1 atom stereocenters. The van der Waals surface area contributed by atoms with E-state index in [4.69, 9.17) is 10.2 Å². The van der Waals surface area contributed by atoms with E-state index in [1.54, 1.807) is 11.0 Å². The molecule has 0 saturated carbocycles. The average molecular weight is 315 g/mol. The second-order valence-corrected chi connectivity index (χ2v) is 5.82. The molecule has 2 amide bonds. The van der Waals surface area contributed by atoms with Crippen LogP contribution in [0.15, 0.2) is 34.7 Å². The Balaban J connectivity index is 1.70. The van der Waals surface area contributed by atoms with Gasteiger partial charge in [0.1, 0.15) is 5.58 Å². The number of furan rings is 1. The van der Waals surface area contributed by atoms with Gasteiger partial charge in [0.25, 0.3) is 5.91 Å². The van der Waals surface area contributed by atoms with Gasteiger partial charge in [-0.2, -0.15) is 0 Å². The molecule has 6 heteroatoms. The third-order valence-corrected chi connectivity index (χ3v) is 4.16. The van der Waals surface area contributed by atoms with E-state index in [0.29, 0.717) is 37.5 Å². The molecule has 2 heterocycles. The number of carbonyl (C=O) groups is 2. The highest BCUT2D eigenvalue weighted by Crippen LogP contribution is 2.23. The van der Waals surface area contributed by atoms with Crippen LogP contribution in [0.25, 0.3) is 11.0 Å². The minimum atomic E-state index is -0.177. The molecule has 1 unspecified atom stereocenters. The Kier molecular flexibility index (Phi) is 4.62. The highest BCUT2D eigenvalue weighted by atomic mass is 16.3. The van der Waals surface area contributed by atoms with Crippen LogP contribution in [0.3, 0.4) is 0 Å². The summed E-state index contributed by atoms with van der Waals surface area (Å²) in [5, 5.41) is 3.70. The second kappa shape index (κ2) is 6.83. The van der Waals surface area contributed by atoms with Gasteiger partial charge in [-0.15, -0.1) is 0 Å². The summed E-state index contributed by atoms with van der Waals surface area (Å²) in [6, 6.07) is 9.29. The highest BCUT2D eigenvalue weighted by molar-refractivity contribution is 5.96. The van der Waals surface area contributed by atoms with E-state index < -0.39 is 0 Å². The van der Waals surface area contributed by atoms with Crippen molar-refractivity contribution in [3.05, 3.63) is 36.1 Å². The van der Waals surface area contributed by atoms with Crippen molar-refractivity contribution in [3.8, 4) is 0 Å². The molecule has 3 N–H and O–H groups in total.